The van der Waals surface area contributed by atoms with Crippen molar-refractivity contribution >= 4 is 49.1 Å². The third-order valence-electron chi connectivity index (χ3n) is 5.43. The predicted octanol–water partition coefficient (Wildman–Crippen LogP) is 2.50. The van der Waals surface area contributed by atoms with Gasteiger partial charge in [-0.25, -0.2) is 13.4 Å². The van der Waals surface area contributed by atoms with E-state index in [0.717, 1.165) is 41.5 Å². The number of nitrogens with zero attached hydrogens (tertiary/aromatic N) is 3. The lowest BCUT2D eigenvalue weighted by atomic mass is 10.2. The first-order chi connectivity index (χ1) is 13.5. The van der Waals surface area contributed by atoms with Gasteiger partial charge < -0.3 is 4.90 Å². The molecule has 0 spiro atoms. The zero-order valence-electron chi connectivity index (χ0n) is 15.7. The van der Waals surface area contributed by atoms with Gasteiger partial charge in [0.25, 0.3) is 0 Å². The molecule has 1 atom stereocenters. The summed E-state index contributed by atoms with van der Waals surface area (Å²) in [6.07, 6.45) is 2.15. The number of carbonyl (C=O) groups is 1. The number of fused-ring (bicyclic) bond motifs is 1. The maximum Gasteiger partial charge on any atom is 0.222 e. The Kier molecular flexibility index (Phi) is 6.24. The second kappa shape index (κ2) is 8.69. The van der Waals surface area contributed by atoms with Crippen LogP contribution in [0.5, 0.6) is 0 Å². The number of amides is 1. The van der Waals surface area contributed by atoms with Gasteiger partial charge in [0.1, 0.15) is 0 Å². The van der Waals surface area contributed by atoms with Crippen molar-refractivity contribution in [3.8, 4) is 0 Å². The highest BCUT2D eigenvalue weighted by molar-refractivity contribution is 8.01. The lowest BCUT2D eigenvalue weighted by molar-refractivity contribution is -0.133. The molecule has 1 aromatic carbocycles. The van der Waals surface area contributed by atoms with E-state index < -0.39 is 9.84 Å². The minimum atomic E-state index is -2.85. The van der Waals surface area contributed by atoms with Crippen LogP contribution in [-0.4, -0.2) is 78.6 Å². The molecule has 0 radical (unpaired) electrons. The van der Waals surface area contributed by atoms with Crippen molar-refractivity contribution in [3.63, 3.8) is 0 Å². The molecule has 2 aromatic rings. The van der Waals surface area contributed by atoms with Crippen LogP contribution >= 0.6 is 23.1 Å². The van der Waals surface area contributed by atoms with E-state index in [2.05, 4.69) is 16.0 Å². The molecule has 0 aliphatic carbocycles. The molecule has 1 aromatic heterocycles. The Morgan fingerprint density at radius 1 is 1.21 bits per heavy atom. The van der Waals surface area contributed by atoms with Crippen LogP contribution < -0.4 is 0 Å². The zero-order chi connectivity index (χ0) is 19.6. The van der Waals surface area contributed by atoms with Crippen molar-refractivity contribution in [3.05, 3.63) is 24.3 Å². The van der Waals surface area contributed by atoms with E-state index in [0.29, 0.717) is 25.3 Å². The van der Waals surface area contributed by atoms with Gasteiger partial charge in [0.05, 0.1) is 21.7 Å². The third-order valence-corrected chi connectivity index (χ3v) is 9.44. The molecule has 28 heavy (non-hydrogen) atoms. The molecule has 9 heteroatoms. The van der Waals surface area contributed by atoms with Gasteiger partial charge in [0, 0.05) is 44.4 Å². The number of thiazole rings is 1. The Bertz CT molecular complexity index is 903. The quantitative estimate of drug-likeness (QED) is 0.509. The van der Waals surface area contributed by atoms with Crippen LogP contribution in [0, 0.1) is 0 Å². The SMILES string of the molecule is O=C(CCCSc1nc2ccccc2s1)N1CCN([C@H]2CCS(=O)(=O)C2)CC1. The minimum Gasteiger partial charge on any atom is -0.340 e. The molecule has 2 aliphatic rings. The summed E-state index contributed by atoms with van der Waals surface area (Å²) in [5.74, 6) is 1.70. The number of piperazine rings is 1. The number of aromatic nitrogens is 1. The molecule has 6 nitrogen and oxygen atoms in total. The van der Waals surface area contributed by atoms with E-state index in [-0.39, 0.29) is 17.7 Å². The molecule has 0 saturated carbocycles. The van der Waals surface area contributed by atoms with Crippen molar-refractivity contribution in [2.75, 3.05) is 43.4 Å². The smallest absolute Gasteiger partial charge is 0.222 e. The van der Waals surface area contributed by atoms with Gasteiger partial charge in [-0.3, -0.25) is 9.69 Å². The summed E-state index contributed by atoms with van der Waals surface area (Å²) < 4.78 is 25.6. The molecule has 2 aliphatic heterocycles. The molecule has 3 heterocycles. The Labute approximate surface area is 174 Å². The zero-order valence-corrected chi connectivity index (χ0v) is 18.2. The lowest BCUT2D eigenvalue weighted by Crippen LogP contribution is -2.52. The Morgan fingerprint density at radius 2 is 2.00 bits per heavy atom. The van der Waals surface area contributed by atoms with E-state index in [1.165, 1.54) is 4.70 Å². The van der Waals surface area contributed by atoms with Crippen molar-refractivity contribution in [2.24, 2.45) is 0 Å². The van der Waals surface area contributed by atoms with E-state index >= 15 is 0 Å². The number of rotatable bonds is 6. The summed E-state index contributed by atoms with van der Waals surface area (Å²) in [5, 5.41) is 0. The van der Waals surface area contributed by atoms with Gasteiger partial charge in [0.2, 0.25) is 5.91 Å². The van der Waals surface area contributed by atoms with Crippen LogP contribution in [0.3, 0.4) is 0 Å². The molecule has 0 N–H and O–H groups in total. The summed E-state index contributed by atoms with van der Waals surface area (Å²) in [7, 11) is -2.85. The van der Waals surface area contributed by atoms with Gasteiger partial charge in [-0.05, 0) is 25.0 Å². The van der Waals surface area contributed by atoms with Gasteiger partial charge >= 0.3 is 0 Å². The van der Waals surface area contributed by atoms with E-state index in [4.69, 9.17) is 0 Å². The number of carbonyl (C=O) groups excluding carboxylic acids is 1. The summed E-state index contributed by atoms with van der Waals surface area (Å²) in [4.78, 5) is 21.3. The monoisotopic (exact) mass is 439 g/mol. The number of sulfone groups is 1. The van der Waals surface area contributed by atoms with Gasteiger partial charge in [-0.1, -0.05) is 23.9 Å². The lowest BCUT2D eigenvalue weighted by Gasteiger charge is -2.37. The summed E-state index contributed by atoms with van der Waals surface area (Å²) in [6, 6.07) is 8.29. The first kappa shape index (κ1) is 20.1. The van der Waals surface area contributed by atoms with Crippen molar-refractivity contribution in [1.29, 1.82) is 0 Å². The molecule has 4 rings (SSSR count). The standard InChI is InChI=1S/C19H25N3O3S3/c23-18(6-3-12-26-19-20-16-4-1-2-5-17(16)27-19)22-10-8-21(9-11-22)15-7-13-28(24,25)14-15/h1-2,4-5,15H,3,6-14H2/t15-/m0/s1. The van der Waals surface area contributed by atoms with Crippen molar-refractivity contribution in [1.82, 2.24) is 14.8 Å². The van der Waals surface area contributed by atoms with E-state index in [9.17, 15) is 13.2 Å². The summed E-state index contributed by atoms with van der Waals surface area (Å²) >= 11 is 3.43. The maximum absolute atomic E-state index is 12.5. The Morgan fingerprint density at radius 3 is 2.71 bits per heavy atom. The first-order valence-electron chi connectivity index (χ1n) is 9.71. The highest BCUT2D eigenvalue weighted by Crippen LogP contribution is 2.29. The minimum absolute atomic E-state index is 0.146. The first-order valence-corrected chi connectivity index (χ1v) is 13.3. The molecule has 2 fully saturated rings. The molecule has 2 saturated heterocycles. The average molecular weight is 440 g/mol. The summed E-state index contributed by atoms with van der Waals surface area (Å²) in [6.45, 7) is 2.99. The molecule has 0 bridgehead atoms. The predicted molar refractivity (Wildman–Crippen MR) is 115 cm³/mol. The maximum atomic E-state index is 12.5. The number of para-hydroxylation sites is 1. The average Bonchev–Trinajstić information content (AvgIpc) is 3.27. The molecule has 1 amide bonds. The normalized spacial score (nSPS) is 22.7. The van der Waals surface area contributed by atoms with E-state index in [1.807, 2.05) is 23.1 Å². The van der Waals surface area contributed by atoms with Crippen LogP contribution in [0.4, 0.5) is 0 Å². The fourth-order valence-corrected chi connectivity index (χ4v) is 7.69. The molecular weight excluding hydrogens is 414 g/mol. The van der Waals surface area contributed by atoms with Gasteiger partial charge in [-0.2, -0.15) is 0 Å². The van der Waals surface area contributed by atoms with Gasteiger partial charge in [-0.15, -0.1) is 11.3 Å². The second-order valence-corrected chi connectivity index (χ2v) is 12.0. The number of thioether (sulfide) groups is 1. The fourth-order valence-electron chi connectivity index (χ4n) is 3.85. The highest BCUT2D eigenvalue weighted by atomic mass is 32.2. The second-order valence-electron chi connectivity index (χ2n) is 7.37. The highest BCUT2D eigenvalue weighted by Gasteiger charge is 2.34. The van der Waals surface area contributed by atoms with Crippen LogP contribution in [0.1, 0.15) is 19.3 Å². The van der Waals surface area contributed by atoms with Crippen molar-refractivity contribution < 1.29 is 13.2 Å². The molecular formula is C19H25N3O3S3. The Hall–Kier alpha value is -1.16. The topological polar surface area (TPSA) is 70.6 Å². The number of hydrogen-bond donors (Lipinski definition) is 0. The van der Waals surface area contributed by atoms with E-state index in [1.54, 1.807) is 23.1 Å². The van der Waals surface area contributed by atoms with Crippen LogP contribution in [0.15, 0.2) is 28.6 Å². The third kappa shape index (κ3) is 4.87. The van der Waals surface area contributed by atoms with Crippen LogP contribution in [0.25, 0.3) is 10.2 Å². The fraction of sp³-hybridized carbons (Fsp3) is 0.579. The van der Waals surface area contributed by atoms with Gasteiger partial charge in [0.15, 0.2) is 14.2 Å². The Balaban J connectivity index is 1.17. The summed E-state index contributed by atoms with van der Waals surface area (Å²) in [5.41, 5.74) is 1.04. The number of hydrogen-bond acceptors (Lipinski definition) is 7. The largest absolute Gasteiger partial charge is 0.340 e. The number of benzene rings is 1. The van der Waals surface area contributed by atoms with Crippen molar-refractivity contribution in [2.45, 2.75) is 29.6 Å². The molecule has 152 valence electrons. The van der Waals surface area contributed by atoms with Crippen LogP contribution in [0.2, 0.25) is 0 Å². The van der Waals surface area contributed by atoms with Crippen LogP contribution in [-0.2, 0) is 14.6 Å². The molecule has 0 unspecified atom stereocenters.